The Hall–Kier alpha value is -0.330. The predicted molar refractivity (Wildman–Crippen MR) is 38.9 cm³/mol. The monoisotopic (exact) mass is 123 g/mol. The average Bonchev–Trinajstić information content (AvgIpc) is 2.33. The molecule has 1 aliphatic heterocycles. The first-order valence-corrected chi connectivity index (χ1v) is 3.98. The molecule has 0 aromatic heterocycles. The van der Waals surface area contributed by atoms with Gasteiger partial charge in [0, 0.05) is 0 Å². The van der Waals surface area contributed by atoms with Gasteiger partial charge in [0.25, 0.3) is 0 Å². The van der Waals surface area contributed by atoms with Crippen LogP contribution >= 0.6 is 0 Å². The fourth-order valence-electron chi connectivity index (χ4n) is 1.99. The maximum atomic E-state index is 4.43. The van der Waals surface area contributed by atoms with Crippen LogP contribution in [0.15, 0.2) is 4.99 Å². The van der Waals surface area contributed by atoms with E-state index in [1.807, 2.05) is 0 Å². The molecule has 1 aliphatic carbocycles. The van der Waals surface area contributed by atoms with Crippen LogP contribution in [-0.2, 0) is 0 Å². The van der Waals surface area contributed by atoms with Gasteiger partial charge < -0.3 is 0 Å². The molecule has 0 N–H and O–H groups in total. The van der Waals surface area contributed by atoms with E-state index in [9.17, 15) is 0 Å². The molecule has 1 nitrogen and oxygen atoms in total. The summed E-state index contributed by atoms with van der Waals surface area (Å²) in [4.78, 5) is 4.43. The molecular formula is C8H13N. The average molecular weight is 123 g/mol. The minimum absolute atomic E-state index is 0.735. The molecule has 0 radical (unpaired) electrons. The van der Waals surface area contributed by atoms with E-state index in [0.717, 1.165) is 12.0 Å². The Kier molecular flexibility index (Phi) is 1.29. The van der Waals surface area contributed by atoms with Crippen molar-refractivity contribution in [2.24, 2.45) is 10.9 Å². The van der Waals surface area contributed by atoms with Crippen LogP contribution in [0.2, 0.25) is 0 Å². The van der Waals surface area contributed by atoms with Crippen molar-refractivity contribution in [2.75, 3.05) is 0 Å². The SMILES string of the molecule is C1=NC2CCCC[C@@H]2C1. The second-order valence-electron chi connectivity index (χ2n) is 3.18. The molecule has 1 heteroatoms. The summed E-state index contributed by atoms with van der Waals surface area (Å²) >= 11 is 0. The molecule has 2 atom stereocenters. The highest BCUT2D eigenvalue weighted by Gasteiger charge is 2.26. The summed E-state index contributed by atoms with van der Waals surface area (Å²) in [5.74, 6) is 0.943. The van der Waals surface area contributed by atoms with Crippen LogP contribution in [-0.4, -0.2) is 12.3 Å². The quantitative estimate of drug-likeness (QED) is 0.467. The lowest BCUT2D eigenvalue weighted by Gasteiger charge is -2.22. The van der Waals surface area contributed by atoms with Crippen molar-refractivity contribution in [3.05, 3.63) is 0 Å². The number of fused-ring (bicyclic) bond motifs is 1. The van der Waals surface area contributed by atoms with E-state index >= 15 is 0 Å². The van der Waals surface area contributed by atoms with E-state index in [2.05, 4.69) is 11.2 Å². The van der Waals surface area contributed by atoms with Crippen molar-refractivity contribution < 1.29 is 0 Å². The third-order valence-electron chi connectivity index (χ3n) is 2.57. The minimum Gasteiger partial charge on any atom is -0.294 e. The first-order valence-electron chi connectivity index (χ1n) is 3.98. The van der Waals surface area contributed by atoms with Crippen molar-refractivity contribution in [1.29, 1.82) is 0 Å². The highest BCUT2D eigenvalue weighted by atomic mass is 14.8. The summed E-state index contributed by atoms with van der Waals surface area (Å²) in [7, 11) is 0. The van der Waals surface area contributed by atoms with Gasteiger partial charge in [-0.2, -0.15) is 0 Å². The highest BCUT2D eigenvalue weighted by molar-refractivity contribution is 5.60. The molecule has 1 heterocycles. The van der Waals surface area contributed by atoms with Crippen molar-refractivity contribution in [3.8, 4) is 0 Å². The zero-order chi connectivity index (χ0) is 6.10. The van der Waals surface area contributed by atoms with Gasteiger partial charge in [-0.1, -0.05) is 12.8 Å². The van der Waals surface area contributed by atoms with Crippen LogP contribution in [0.5, 0.6) is 0 Å². The third-order valence-corrected chi connectivity index (χ3v) is 2.57. The molecule has 2 rings (SSSR count). The standard InChI is InChI=1S/C8H13N/c1-2-4-8-7(3-1)5-6-9-8/h6-8H,1-5H2/t7-,8?/m1/s1. The van der Waals surface area contributed by atoms with Crippen molar-refractivity contribution in [1.82, 2.24) is 0 Å². The Bertz CT molecular complexity index is 129. The van der Waals surface area contributed by atoms with Crippen LogP contribution < -0.4 is 0 Å². The van der Waals surface area contributed by atoms with E-state index in [0.29, 0.717) is 0 Å². The fraction of sp³-hybridized carbons (Fsp3) is 0.875. The van der Waals surface area contributed by atoms with Gasteiger partial charge in [-0.3, -0.25) is 4.99 Å². The number of rotatable bonds is 0. The first kappa shape index (κ1) is 5.45. The summed E-state index contributed by atoms with van der Waals surface area (Å²) in [6.07, 6.45) is 9.06. The zero-order valence-corrected chi connectivity index (χ0v) is 5.71. The Morgan fingerprint density at radius 2 is 2.11 bits per heavy atom. The van der Waals surface area contributed by atoms with Gasteiger partial charge in [-0.25, -0.2) is 0 Å². The highest BCUT2D eigenvalue weighted by Crippen LogP contribution is 2.31. The lowest BCUT2D eigenvalue weighted by molar-refractivity contribution is 0.337. The first-order chi connectivity index (χ1) is 4.47. The summed E-state index contributed by atoms with van der Waals surface area (Å²) in [5, 5.41) is 0. The predicted octanol–water partition coefficient (Wildman–Crippen LogP) is 2.02. The lowest BCUT2D eigenvalue weighted by Crippen LogP contribution is -2.18. The minimum atomic E-state index is 0.735. The van der Waals surface area contributed by atoms with Gasteiger partial charge in [-0.05, 0) is 31.4 Å². The van der Waals surface area contributed by atoms with Crippen molar-refractivity contribution in [2.45, 2.75) is 38.1 Å². The van der Waals surface area contributed by atoms with Gasteiger partial charge >= 0.3 is 0 Å². The van der Waals surface area contributed by atoms with Crippen LogP contribution in [0.4, 0.5) is 0 Å². The zero-order valence-electron chi connectivity index (χ0n) is 5.71. The molecule has 1 unspecified atom stereocenters. The normalized spacial score (nSPS) is 40.9. The number of aliphatic imine (C=N–C) groups is 1. The Morgan fingerprint density at radius 3 is 3.00 bits per heavy atom. The topological polar surface area (TPSA) is 12.4 Å². The van der Waals surface area contributed by atoms with Crippen LogP contribution in [0.25, 0.3) is 0 Å². The summed E-state index contributed by atoms with van der Waals surface area (Å²) in [6, 6.07) is 0.735. The Balaban J connectivity index is 2.03. The molecule has 0 saturated heterocycles. The smallest absolute Gasteiger partial charge is 0.0527 e. The van der Waals surface area contributed by atoms with Crippen LogP contribution in [0.1, 0.15) is 32.1 Å². The molecule has 2 aliphatic rings. The van der Waals surface area contributed by atoms with Crippen LogP contribution in [0, 0.1) is 5.92 Å². The summed E-state index contributed by atoms with van der Waals surface area (Å²) in [6.45, 7) is 0. The molecule has 50 valence electrons. The molecule has 1 fully saturated rings. The fourth-order valence-corrected chi connectivity index (χ4v) is 1.99. The maximum absolute atomic E-state index is 4.43. The van der Waals surface area contributed by atoms with Gasteiger partial charge in [0.05, 0.1) is 6.04 Å². The summed E-state index contributed by atoms with van der Waals surface area (Å²) in [5.41, 5.74) is 0. The Labute approximate surface area is 56.2 Å². The molecule has 0 amide bonds. The van der Waals surface area contributed by atoms with E-state index in [1.54, 1.807) is 0 Å². The van der Waals surface area contributed by atoms with E-state index < -0.39 is 0 Å². The number of nitrogens with zero attached hydrogens (tertiary/aromatic N) is 1. The van der Waals surface area contributed by atoms with E-state index in [4.69, 9.17) is 0 Å². The van der Waals surface area contributed by atoms with Gasteiger partial charge in [0.1, 0.15) is 0 Å². The molecule has 9 heavy (non-hydrogen) atoms. The molecule has 0 aromatic carbocycles. The van der Waals surface area contributed by atoms with E-state index in [1.165, 1.54) is 32.1 Å². The summed E-state index contributed by atoms with van der Waals surface area (Å²) < 4.78 is 0. The van der Waals surface area contributed by atoms with Crippen molar-refractivity contribution >= 4 is 6.21 Å². The second kappa shape index (κ2) is 2.13. The largest absolute Gasteiger partial charge is 0.294 e. The third kappa shape index (κ3) is 0.887. The molecule has 0 bridgehead atoms. The second-order valence-corrected chi connectivity index (χ2v) is 3.18. The lowest BCUT2D eigenvalue weighted by atomic mass is 9.85. The number of hydrogen-bond acceptors (Lipinski definition) is 1. The maximum Gasteiger partial charge on any atom is 0.0527 e. The van der Waals surface area contributed by atoms with Gasteiger partial charge in [0.2, 0.25) is 0 Å². The molecule has 1 saturated carbocycles. The number of hydrogen-bond donors (Lipinski definition) is 0. The van der Waals surface area contributed by atoms with Crippen LogP contribution in [0.3, 0.4) is 0 Å². The molecular weight excluding hydrogens is 110 g/mol. The van der Waals surface area contributed by atoms with Gasteiger partial charge in [0.15, 0.2) is 0 Å². The van der Waals surface area contributed by atoms with E-state index in [-0.39, 0.29) is 0 Å². The molecule has 0 spiro atoms. The molecule has 0 aromatic rings. The van der Waals surface area contributed by atoms with Gasteiger partial charge in [-0.15, -0.1) is 0 Å². The Morgan fingerprint density at radius 1 is 1.22 bits per heavy atom. The van der Waals surface area contributed by atoms with Crippen molar-refractivity contribution in [3.63, 3.8) is 0 Å².